The second-order valence-electron chi connectivity index (χ2n) is 7.96. The van der Waals surface area contributed by atoms with Gasteiger partial charge in [-0.15, -0.1) is 0 Å². The van der Waals surface area contributed by atoms with Gasteiger partial charge in [0.05, 0.1) is 17.0 Å². The lowest BCUT2D eigenvalue weighted by atomic mass is 9.83. The number of esters is 1. The molecule has 2 heterocycles. The molecule has 2 aromatic rings. The van der Waals surface area contributed by atoms with Crippen molar-refractivity contribution in [2.45, 2.75) is 46.1 Å². The van der Waals surface area contributed by atoms with Crippen molar-refractivity contribution in [2.75, 3.05) is 0 Å². The zero-order valence-electron chi connectivity index (χ0n) is 17.0. The van der Waals surface area contributed by atoms with Gasteiger partial charge in [0.15, 0.2) is 0 Å². The fraction of sp³-hybridized carbons (Fsp3) is 0.318. The van der Waals surface area contributed by atoms with Crippen LogP contribution in [0.1, 0.15) is 44.7 Å². The number of pyridine rings is 1. The number of ether oxygens (including phenoxy) is 2. The van der Waals surface area contributed by atoms with E-state index in [0.29, 0.717) is 11.1 Å². The lowest BCUT2D eigenvalue weighted by Gasteiger charge is -2.29. The number of hydrogen-bond donors (Lipinski definition) is 1. The summed E-state index contributed by atoms with van der Waals surface area (Å²) in [5.41, 5.74) is 7.77. The largest absolute Gasteiger partial charge is 0.456 e. The Labute approximate surface area is 174 Å². The average Bonchev–Trinajstić information content (AvgIpc) is 2.59. The number of hydrogen-bond acceptors (Lipinski definition) is 6. The van der Waals surface area contributed by atoms with E-state index < -0.39 is 17.5 Å². The molecule has 6 nitrogen and oxygen atoms in total. The first-order chi connectivity index (χ1) is 13.5. The maximum Gasteiger partial charge on any atom is 0.338 e. The maximum absolute atomic E-state index is 13.0. The van der Waals surface area contributed by atoms with Gasteiger partial charge in [-0.1, -0.05) is 23.2 Å². The number of nitrogens with zero attached hydrogens (tertiary/aromatic N) is 2. The molecule has 0 saturated heterocycles. The number of aromatic nitrogens is 1. The topological polar surface area (TPSA) is 98.2 Å². The van der Waals surface area contributed by atoms with Crippen molar-refractivity contribution < 1.29 is 14.3 Å². The number of allylic oxidation sites excluding steroid dienone is 2. The van der Waals surface area contributed by atoms with Crippen LogP contribution in [0.3, 0.4) is 0 Å². The van der Waals surface area contributed by atoms with Gasteiger partial charge in [0, 0.05) is 10.9 Å². The number of halogens is 1. The molecule has 1 atom stereocenters. The highest BCUT2D eigenvalue weighted by molar-refractivity contribution is 6.30. The Balaban J connectivity index is 2.25. The van der Waals surface area contributed by atoms with Crippen molar-refractivity contribution in [1.82, 2.24) is 4.98 Å². The van der Waals surface area contributed by atoms with E-state index in [4.69, 9.17) is 26.8 Å². The van der Waals surface area contributed by atoms with Gasteiger partial charge < -0.3 is 15.2 Å². The minimum atomic E-state index is -0.839. The Morgan fingerprint density at radius 2 is 2.00 bits per heavy atom. The van der Waals surface area contributed by atoms with Crippen LogP contribution in [-0.4, -0.2) is 16.6 Å². The standard InChI is InChI=1S/C22H22ClN3O3/c1-11-6-7-16-13(8-11)9-14(19(23)26-16)18-15(10-24)20(25)28-12(2)17(18)21(27)29-22(3,4)5/h6-9,18H,25H2,1-5H3/t18-/m1/s1. The highest BCUT2D eigenvalue weighted by atomic mass is 35.5. The van der Waals surface area contributed by atoms with Crippen LogP contribution in [0.2, 0.25) is 5.15 Å². The maximum atomic E-state index is 13.0. The molecule has 0 bridgehead atoms. The van der Waals surface area contributed by atoms with Crippen LogP contribution in [0.4, 0.5) is 0 Å². The molecule has 0 amide bonds. The molecule has 0 spiro atoms. The molecule has 2 N–H and O–H groups in total. The van der Waals surface area contributed by atoms with Crippen LogP contribution in [0.5, 0.6) is 0 Å². The minimum absolute atomic E-state index is 0.0669. The first-order valence-corrected chi connectivity index (χ1v) is 9.48. The first kappa shape index (κ1) is 20.7. The van der Waals surface area contributed by atoms with Gasteiger partial charge in [-0.05, 0) is 52.8 Å². The molecular weight excluding hydrogens is 390 g/mol. The Morgan fingerprint density at radius 3 is 2.62 bits per heavy atom. The number of nitrogens with two attached hydrogens (primary N) is 1. The van der Waals surface area contributed by atoms with E-state index in [1.165, 1.54) is 0 Å². The van der Waals surface area contributed by atoms with Crippen LogP contribution in [0.15, 0.2) is 47.1 Å². The Hall–Kier alpha value is -3.04. The van der Waals surface area contributed by atoms with Crippen LogP contribution >= 0.6 is 11.6 Å². The SMILES string of the molecule is CC1=C(C(=O)OC(C)(C)C)[C@H](c2cc3cc(C)ccc3nc2Cl)C(C#N)=C(N)O1. The summed E-state index contributed by atoms with van der Waals surface area (Å²) in [6, 6.07) is 9.66. The predicted molar refractivity (Wildman–Crippen MR) is 111 cm³/mol. The van der Waals surface area contributed by atoms with Gasteiger partial charge in [-0.3, -0.25) is 0 Å². The molecule has 1 aromatic carbocycles. The average molecular weight is 412 g/mol. The highest BCUT2D eigenvalue weighted by Crippen LogP contribution is 2.43. The van der Waals surface area contributed by atoms with E-state index in [1.54, 1.807) is 27.7 Å². The normalized spacial score (nSPS) is 17.2. The molecule has 3 rings (SSSR count). The summed E-state index contributed by atoms with van der Waals surface area (Å²) in [6.45, 7) is 8.88. The molecular formula is C22H22ClN3O3. The van der Waals surface area contributed by atoms with E-state index in [9.17, 15) is 10.1 Å². The van der Waals surface area contributed by atoms with Crippen molar-refractivity contribution >= 4 is 28.5 Å². The van der Waals surface area contributed by atoms with E-state index in [-0.39, 0.29) is 27.9 Å². The molecule has 1 aliphatic heterocycles. The molecule has 29 heavy (non-hydrogen) atoms. The molecule has 7 heteroatoms. The van der Waals surface area contributed by atoms with E-state index in [2.05, 4.69) is 11.1 Å². The Kier molecular flexibility index (Phi) is 5.29. The molecule has 0 aliphatic carbocycles. The van der Waals surface area contributed by atoms with Crippen molar-refractivity contribution in [3.05, 3.63) is 63.3 Å². The monoisotopic (exact) mass is 411 g/mol. The van der Waals surface area contributed by atoms with Gasteiger partial charge in [0.1, 0.15) is 28.2 Å². The third-order valence-electron chi connectivity index (χ3n) is 4.49. The number of carbonyl (C=O) groups excluding carboxylic acids is 1. The van der Waals surface area contributed by atoms with Crippen LogP contribution in [-0.2, 0) is 14.3 Å². The number of aryl methyl sites for hydroxylation is 1. The molecule has 1 aliphatic rings. The summed E-state index contributed by atoms with van der Waals surface area (Å²) in [5, 5.41) is 10.8. The predicted octanol–water partition coefficient (Wildman–Crippen LogP) is 4.62. The zero-order chi connectivity index (χ0) is 21.5. The molecule has 0 unspecified atom stereocenters. The van der Waals surface area contributed by atoms with E-state index in [0.717, 1.165) is 10.9 Å². The first-order valence-electron chi connectivity index (χ1n) is 9.10. The zero-order valence-corrected chi connectivity index (χ0v) is 17.7. The van der Waals surface area contributed by atoms with Gasteiger partial charge in [0.25, 0.3) is 0 Å². The number of rotatable bonds is 2. The van der Waals surface area contributed by atoms with Crippen LogP contribution in [0.25, 0.3) is 10.9 Å². The van der Waals surface area contributed by atoms with Crippen LogP contribution in [0, 0.1) is 18.3 Å². The molecule has 1 aromatic heterocycles. The van der Waals surface area contributed by atoms with Gasteiger partial charge >= 0.3 is 5.97 Å². The van der Waals surface area contributed by atoms with Crippen molar-refractivity contribution in [3.63, 3.8) is 0 Å². The Morgan fingerprint density at radius 1 is 1.31 bits per heavy atom. The number of carbonyl (C=O) groups is 1. The summed E-state index contributed by atoms with van der Waals surface area (Å²) in [6.07, 6.45) is 0. The number of nitriles is 1. The van der Waals surface area contributed by atoms with Crippen LogP contribution < -0.4 is 5.73 Å². The van der Waals surface area contributed by atoms with E-state index >= 15 is 0 Å². The van der Waals surface area contributed by atoms with Crippen molar-refractivity contribution in [1.29, 1.82) is 5.26 Å². The lowest BCUT2D eigenvalue weighted by Crippen LogP contribution is -2.30. The van der Waals surface area contributed by atoms with Crippen molar-refractivity contribution in [2.24, 2.45) is 5.73 Å². The van der Waals surface area contributed by atoms with Crippen molar-refractivity contribution in [3.8, 4) is 6.07 Å². The van der Waals surface area contributed by atoms with Gasteiger partial charge in [-0.2, -0.15) is 5.26 Å². The quantitative estimate of drug-likeness (QED) is 0.571. The summed E-state index contributed by atoms with van der Waals surface area (Å²) in [4.78, 5) is 17.5. The summed E-state index contributed by atoms with van der Waals surface area (Å²) >= 11 is 6.50. The molecule has 0 radical (unpaired) electrons. The Bertz CT molecular complexity index is 1120. The van der Waals surface area contributed by atoms with Gasteiger partial charge in [0.2, 0.25) is 5.88 Å². The third kappa shape index (κ3) is 4.06. The number of fused-ring (bicyclic) bond motifs is 1. The highest BCUT2D eigenvalue weighted by Gasteiger charge is 2.39. The summed E-state index contributed by atoms with van der Waals surface area (Å²) in [5.74, 6) is -1.24. The number of benzene rings is 1. The second-order valence-corrected chi connectivity index (χ2v) is 8.32. The lowest BCUT2D eigenvalue weighted by molar-refractivity contribution is -0.150. The minimum Gasteiger partial charge on any atom is -0.456 e. The third-order valence-corrected chi connectivity index (χ3v) is 4.79. The second kappa shape index (κ2) is 7.41. The molecule has 0 saturated carbocycles. The molecule has 0 fully saturated rings. The fourth-order valence-electron chi connectivity index (χ4n) is 3.28. The smallest absolute Gasteiger partial charge is 0.338 e. The summed E-state index contributed by atoms with van der Waals surface area (Å²) in [7, 11) is 0. The summed E-state index contributed by atoms with van der Waals surface area (Å²) < 4.78 is 11.0. The van der Waals surface area contributed by atoms with E-state index in [1.807, 2.05) is 31.2 Å². The molecule has 150 valence electrons. The van der Waals surface area contributed by atoms with Gasteiger partial charge in [-0.25, -0.2) is 9.78 Å². The fourth-order valence-corrected chi connectivity index (χ4v) is 3.54.